The van der Waals surface area contributed by atoms with E-state index in [9.17, 15) is 4.79 Å². The van der Waals surface area contributed by atoms with Crippen LogP contribution in [0.25, 0.3) is 10.2 Å². The van der Waals surface area contributed by atoms with Crippen LogP contribution < -0.4 is 11.1 Å². The quantitative estimate of drug-likeness (QED) is 0.669. The largest absolute Gasteiger partial charge is 0.351 e. The number of hydrogen-bond donors (Lipinski definition) is 2. The molecule has 1 aliphatic rings. The van der Waals surface area contributed by atoms with Crippen molar-refractivity contribution >= 4 is 45.2 Å². The Bertz CT molecular complexity index is 699. The molecule has 0 fully saturated rings. The SMILES string of the molecule is CCSc1nc(NC(N)=O)c2c3c(sc2n1)CN(C)CC3. The van der Waals surface area contributed by atoms with Crippen molar-refractivity contribution in [2.75, 3.05) is 24.7 Å². The van der Waals surface area contributed by atoms with Crippen LogP contribution >= 0.6 is 23.1 Å². The molecule has 0 aromatic carbocycles. The van der Waals surface area contributed by atoms with Crippen LogP contribution in [0.5, 0.6) is 0 Å². The molecule has 0 atom stereocenters. The number of nitrogens with zero attached hydrogens (tertiary/aromatic N) is 3. The van der Waals surface area contributed by atoms with Crippen molar-refractivity contribution < 1.29 is 4.79 Å². The number of carbonyl (C=O) groups is 1. The van der Waals surface area contributed by atoms with Gasteiger partial charge in [-0.15, -0.1) is 11.3 Å². The van der Waals surface area contributed by atoms with Gasteiger partial charge in [-0.25, -0.2) is 14.8 Å². The number of anilines is 1. The summed E-state index contributed by atoms with van der Waals surface area (Å²) >= 11 is 3.25. The standard InChI is InChI=1S/C13H17N5OS2/c1-3-20-13-16-10(15-12(14)19)9-7-4-5-18(2)6-8(7)21-11(9)17-13/h3-6H2,1-2H3,(H3,14,15,16,17,19). The van der Waals surface area contributed by atoms with E-state index in [-0.39, 0.29) is 0 Å². The summed E-state index contributed by atoms with van der Waals surface area (Å²) in [5.41, 5.74) is 6.54. The first-order valence-corrected chi connectivity index (χ1v) is 8.58. The van der Waals surface area contributed by atoms with Gasteiger partial charge >= 0.3 is 6.03 Å². The molecule has 0 spiro atoms. The minimum Gasteiger partial charge on any atom is -0.351 e. The van der Waals surface area contributed by atoms with Gasteiger partial charge in [0.25, 0.3) is 0 Å². The van der Waals surface area contributed by atoms with Crippen molar-refractivity contribution in [3.8, 4) is 0 Å². The fraction of sp³-hybridized carbons (Fsp3) is 0.462. The highest BCUT2D eigenvalue weighted by atomic mass is 32.2. The number of thioether (sulfide) groups is 1. The molecule has 0 unspecified atom stereocenters. The highest BCUT2D eigenvalue weighted by Gasteiger charge is 2.23. The van der Waals surface area contributed by atoms with E-state index in [2.05, 4.69) is 27.2 Å². The molecule has 1 aliphatic heterocycles. The minimum absolute atomic E-state index is 0.547. The maximum Gasteiger partial charge on any atom is 0.317 e. The Morgan fingerprint density at radius 3 is 3.05 bits per heavy atom. The molecular weight excluding hydrogens is 306 g/mol. The van der Waals surface area contributed by atoms with Gasteiger partial charge in [0.1, 0.15) is 10.6 Å². The Morgan fingerprint density at radius 1 is 1.52 bits per heavy atom. The fourth-order valence-corrected chi connectivity index (χ4v) is 4.43. The first kappa shape index (κ1) is 14.6. The molecule has 0 saturated heterocycles. The molecule has 0 aliphatic carbocycles. The molecule has 2 aromatic rings. The number of likely N-dealkylation sites (N-methyl/N-ethyl adjacent to an activating group) is 1. The van der Waals surface area contributed by atoms with Crippen LogP contribution in [0.15, 0.2) is 5.16 Å². The maximum atomic E-state index is 11.3. The Morgan fingerprint density at radius 2 is 2.33 bits per heavy atom. The van der Waals surface area contributed by atoms with E-state index in [1.54, 1.807) is 23.1 Å². The van der Waals surface area contributed by atoms with Crippen molar-refractivity contribution in [1.82, 2.24) is 14.9 Å². The first-order chi connectivity index (χ1) is 10.1. The topological polar surface area (TPSA) is 84.1 Å². The maximum absolute atomic E-state index is 11.3. The van der Waals surface area contributed by atoms with E-state index in [0.717, 1.165) is 35.5 Å². The molecule has 0 bridgehead atoms. The molecule has 2 aromatic heterocycles. The van der Waals surface area contributed by atoms with Gasteiger partial charge in [0, 0.05) is 18.0 Å². The number of rotatable bonds is 3. The summed E-state index contributed by atoms with van der Waals surface area (Å²) in [6.45, 7) is 3.97. The summed E-state index contributed by atoms with van der Waals surface area (Å²) in [5.74, 6) is 1.43. The molecular formula is C13H17N5OS2. The Labute approximate surface area is 131 Å². The van der Waals surface area contributed by atoms with Crippen LogP contribution in [-0.4, -0.2) is 40.2 Å². The molecule has 3 N–H and O–H groups in total. The third kappa shape index (κ3) is 2.83. The van der Waals surface area contributed by atoms with Crippen LogP contribution in [0.3, 0.4) is 0 Å². The summed E-state index contributed by atoms with van der Waals surface area (Å²) in [5, 5.41) is 4.30. The lowest BCUT2D eigenvalue weighted by Crippen LogP contribution is -2.25. The monoisotopic (exact) mass is 323 g/mol. The predicted molar refractivity (Wildman–Crippen MR) is 87.1 cm³/mol. The van der Waals surface area contributed by atoms with Gasteiger partial charge in [-0.05, 0) is 24.8 Å². The average molecular weight is 323 g/mol. The lowest BCUT2D eigenvalue weighted by molar-refractivity contribution is 0.259. The van der Waals surface area contributed by atoms with E-state index in [0.29, 0.717) is 11.0 Å². The summed E-state index contributed by atoms with van der Waals surface area (Å²) in [6.07, 6.45) is 0.947. The number of aromatic nitrogens is 2. The van der Waals surface area contributed by atoms with Gasteiger partial charge in [-0.3, -0.25) is 5.32 Å². The van der Waals surface area contributed by atoms with Gasteiger partial charge in [0.05, 0.1) is 5.39 Å². The van der Waals surface area contributed by atoms with Gasteiger partial charge < -0.3 is 10.6 Å². The zero-order valence-electron chi connectivity index (χ0n) is 12.0. The van der Waals surface area contributed by atoms with Crippen molar-refractivity contribution in [3.05, 3.63) is 10.4 Å². The average Bonchev–Trinajstić information content (AvgIpc) is 2.75. The van der Waals surface area contributed by atoms with Crippen LogP contribution in [0, 0.1) is 0 Å². The number of nitrogens with two attached hydrogens (primary N) is 1. The fourth-order valence-electron chi connectivity index (χ4n) is 2.50. The van der Waals surface area contributed by atoms with E-state index in [1.807, 2.05) is 6.92 Å². The third-order valence-electron chi connectivity index (χ3n) is 3.39. The first-order valence-electron chi connectivity index (χ1n) is 6.78. The summed E-state index contributed by atoms with van der Waals surface area (Å²) < 4.78 is 0. The van der Waals surface area contributed by atoms with Gasteiger partial charge in [0.15, 0.2) is 5.16 Å². The molecule has 21 heavy (non-hydrogen) atoms. The molecule has 8 heteroatoms. The minimum atomic E-state index is -0.588. The number of urea groups is 1. The molecule has 0 radical (unpaired) electrons. The number of fused-ring (bicyclic) bond motifs is 3. The van der Waals surface area contributed by atoms with E-state index in [1.165, 1.54) is 10.4 Å². The summed E-state index contributed by atoms with van der Waals surface area (Å²) in [7, 11) is 2.11. The third-order valence-corrected chi connectivity index (χ3v) is 5.23. The Kier molecular flexibility index (Phi) is 4.01. The lowest BCUT2D eigenvalue weighted by atomic mass is 10.1. The van der Waals surface area contributed by atoms with E-state index >= 15 is 0 Å². The zero-order valence-corrected chi connectivity index (χ0v) is 13.6. The molecule has 3 heterocycles. The van der Waals surface area contributed by atoms with Crippen molar-refractivity contribution in [2.45, 2.75) is 25.0 Å². The smallest absolute Gasteiger partial charge is 0.317 e. The van der Waals surface area contributed by atoms with E-state index < -0.39 is 6.03 Å². The summed E-state index contributed by atoms with van der Waals surface area (Å²) in [4.78, 5) is 24.9. The summed E-state index contributed by atoms with van der Waals surface area (Å²) in [6, 6.07) is -0.588. The number of primary amides is 1. The van der Waals surface area contributed by atoms with Crippen LogP contribution in [-0.2, 0) is 13.0 Å². The normalized spacial score (nSPS) is 15.1. The van der Waals surface area contributed by atoms with Crippen molar-refractivity contribution in [3.63, 3.8) is 0 Å². The van der Waals surface area contributed by atoms with Crippen LogP contribution in [0.2, 0.25) is 0 Å². The van der Waals surface area contributed by atoms with Gasteiger partial charge in [-0.1, -0.05) is 18.7 Å². The number of amides is 2. The number of thiophene rings is 1. The predicted octanol–water partition coefficient (Wildman–Crippen LogP) is 2.28. The second kappa shape index (κ2) is 5.78. The molecule has 112 valence electrons. The second-order valence-corrected chi connectivity index (χ2v) is 7.26. The number of nitrogens with one attached hydrogen (secondary N) is 1. The Balaban J connectivity index is 2.17. The van der Waals surface area contributed by atoms with E-state index in [4.69, 9.17) is 5.73 Å². The highest BCUT2D eigenvalue weighted by molar-refractivity contribution is 7.99. The molecule has 3 rings (SSSR count). The van der Waals surface area contributed by atoms with Crippen LogP contribution in [0.1, 0.15) is 17.4 Å². The number of hydrogen-bond acceptors (Lipinski definition) is 6. The zero-order chi connectivity index (χ0) is 15.0. The molecule has 2 amide bonds. The number of carbonyl (C=O) groups excluding carboxylic acids is 1. The van der Waals surface area contributed by atoms with Gasteiger partial charge in [0.2, 0.25) is 0 Å². The van der Waals surface area contributed by atoms with Crippen molar-refractivity contribution in [2.24, 2.45) is 5.73 Å². The molecule has 6 nitrogen and oxygen atoms in total. The van der Waals surface area contributed by atoms with Crippen LogP contribution in [0.4, 0.5) is 10.6 Å². The Hall–Kier alpha value is -1.38. The second-order valence-electron chi connectivity index (χ2n) is 4.95. The lowest BCUT2D eigenvalue weighted by Gasteiger charge is -2.22. The molecule has 0 saturated carbocycles. The van der Waals surface area contributed by atoms with Gasteiger partial charge in [-0.2, -0.15) is 0 Å². The highest BCUT2D eigenvalue weighted by Crippen LogP contribution is 2.38. The van der Waals surface area contributed by atoms with Crippen molar-refractivity contribution in [1.29, 1.82) is 0 Å².